The lowest BCUT2D eigenvalue weighted by Crippen LogP contribution is -2.44. The summed E-state index contributed by atoms with van der Waals surface area (Å²) in [5.41, 5.74) is 2.87. The van der Waals surface area contributed by atoms with Crippen molar-refractivity contribution >= 4 is 53.6 Å². The van der Waals surface area contributed by atoms with Gasteiger partial charge >= 0.3 is 7.12 Å². The molecule has 0 aliphatic carbocycles. The van der Waals surface area contributed by atoms with Crippen LogP contribution in [-0.4, -0.2) is 50.0 Å². The summed E-state index contributed by atoms with van der Waals surface area (Å²) in [6.45, 7) is 8.91. The zero-order valence-corrected chi connectivity index (χ0v) is 21.7. The van der Waals surface area contributed by atoms with Crippen LogP contribution in [0.15, 0.2) is 53.1 Å². The molecule has 9 heteroatoms. The van der Waals surface area contributed by atoms with Crippen LogP contribution < -0.4 is 10.8 Å². The van der Waals surface area contributed by atoms with Gasteiger partial charge in [0.2, 0.25) is 0 Å². The van der Waals surface area contributed by atoms with Crippen molar-refractivity contribution in [1.29, 1.82) is 0 Å². The number of hydrogen-bond donors (Lipinski definition) is 1. The van der Waals surface area contributed by atoms with Gasteiger partial charge in [0.25, 0.3) is 5.91 Å². The minimum absolute atomic E-state index is 0.233. The summed E-state index contributed by atoms with van der Waals surface area (Å²) in [7, 11) is 1.19. The lowest BCUT2D eigenvalue weighted by molar-refractivity contribution is -0.113. The fraction of sp³-hybridized carbons (Fsp3) is 0.360. The molecule has 2 aromatic carbocycles. The van der Waals surface area contributed by atoms with Gasteiger partial charge in [-0.3, -0.25) is 9.80 Å². The Bertz CT molecular complexity index is 1100. The lowest BCUT2D eigenvalue weighted by Gasteiger charge is -2.28. The number of allylic oxidation sites excluding steroid dienone is 1. The van der Waals surface area contributed by atoms with Gasteiger partial charge < -0.3 is 14.6 Å². The van der Waals surface area contributed by atoms with Crippen molar-refractivity contribution in [1.82, 2.24) is 5.01 Å². The number of anilines is 1. The number of likely N-dealkylation sites (N-methyl/N-ethyl adjacent to an activating group) is 1. The van der Waals surface area contributed by atoms with Crippen LogP contribution in [0.4, 0.5) is 5.69 Å². The van der Waals surface area contributed by atoms with E-state index < -0.39 is 7.12 Å². The first-order valence-corrected chi connectivity index (χ1v) is 12.0. The van der Waals surface area contributed by atoms with Crippen LogP contribution in [-0.2, 0) is 14.1 Å². The summed E-state index contributed by atoms with van der Waals surface area (Å²) in [6.07, 6.45) is 4.11. The first kappa shape index (κ1) is 26.3. The summed E-state index contributed by atoms with van der Waals surface area (Å²) < 4.78 is 12.2. The number of nitrogens with zero attached hydrogens (tertiary/aromatic N) is 2. The Kier molecular flexibility index (Phi) is 8.82. The molecule has 180 valence electrons. The standard InChI is InChI=1S/C25H30BCl2N3O3/c1-6-25(3,4)34-26(33-7-2)20-12-8-10-18(22(20)27)19-11-9-13-21(23(19)28)30-24(32)17-14-15-29-31(5)16-17/h8-15H,6-7,16H2,1-5H3,(H,30,32). The van der Waals surface area contributed by atoms with Gasteiger partial charge in [-0.05, 0) is 39.3 Å². The Hall–Kier alpha value is -2.32. The molecular weight excluding hydrogens is 472 g/mol. The highest BCUT2D eigenvalue weighted by atomic mass is 35.5. The first-order chi connectivity index (χ1) is 16.2. The zero-order valence-electron chi connectivity index (χ0n) is 20.2. The van der Waals surface area contributed by atoms with Crippen molar-refractivity contribution in [2.45, 2.75) is 39.7 Å². The predicted molar refractivity (Wildman–Crippen MR) is 142 cm³/mol. The topological polar surface area (TPSA) is 63.2 Å². The second-order valence-electron chi connectivity index (χ2n) is 8.62. The minimum atomic E-state index is -0.619. The maximum absolute atomic E-state index is 12.8. The van der Waals surface area contributed by atoms with Gasteiger partial charge in [0, 0.05) is 52.7 Å². The normalized spacial score (nSPS) is 13.6. The summed E-state index contributed by atoms with van der Waals surface area (Å²) >= 11 is 13.6. The monoisotopic (exact) mass is 501 g/mol. The van der Waals surface area contributed by atoms with Crippen molar-refractivity contribution in [3.05, 3.63) is 58.1 Å². The molecule has 0 fully saturated rings. The van der Waals surface area contributed by atoms with Crippen molar-refractivity contribution in [2.75, 3.05) is 25.5 Å². The van der Waals surface area contributed by atoms with E-state index in [1.807, 2.05) is 51.1 Å². The molecule has 1 heterocycles. The number of carbonyl (C=O) groups is 1. The van der Waals surface area contributed by atoms with E-state index in [4.69, 9.17) is 32.5 Å². The third-order valence-corrected chi connectivity index (χ3v) is 6.47. The van der Waals surface area contributed by atoms with Crippen LogP contribution in [0.2, 0.25) is 10.0 Å². The Morgan fingerprint density at radius 3 is 2.47 bits per heavy atom. The third-order valence-electron chi connectivity index (χ3n) is 5.65. The molecule has 0 atom stereocenters. The number of benzene rings is 2. The van der Waals surface area contributed by atoms with E-state index >= 15 is 0 Å². The molecule has 6 nitrogen and oxygen atoms in total. The predicted octanol–water partition coefficient (Wildman–Crippen LogP) is 5.39. The summed E-state index contributed by atoms with van der Waals surface area (Å²) in [4.78, 5) is 12.8. The fourth-order valence-corrected chi connectivity index (χ4v) is 4.01. The van der Waals surface area contributed by atoms with Gasteiger partial charge in [0.1, 0.15) is 0 Å². The number of halogens is 2. The van der Waals surface area contributed by atoms with E-state index in [0.717, 1.165) is 17.4 Å². The highest BCUT2D eigenvalue weighted by Gasteiger charge is 2.31. The fourth-order valence-electron chi connectivity index (χ4n) is 3.42. The van der Waals surface area contributed by atoms with Crippen molar-refractivity contribution in [2.24, 2.45) is 5.10 Å². The summed E-state index contributed by atoms with van der Waals surface area (Å²) in [6, 6.07) is 11.1. The highest BCUT2D eigenvalue weighted by Crippen LogP contribution is 2.37. The van der Waals surface area contributed by atoms with E-state index in [1.165, 1.54) is 0 Å². The van der Waals surface area contributed by atoms with Crippen LogP contribution >= 0.6 is 23.2 Å². The van der Waals surface area contributed by atoms with Gasteiger partial charge in [-0.2, -0.15) is 5.10 Å². The van der Waals surface area contributed by atoms with E-state index in [0.29, 0.717) is 40.0 Å². The molecule has 0 aromatic heterocycles. The van der Waals surface area contributed by atoms with Gasteiger partial charge in [0.05, 0.1) is 17.3 Å². The number of amides is 1. The second kappa shape index (κ2) is 11.4. The molecule has 0 spiro atoms. The molecule has 1 aliphatic heterocycles. The number of hydrogen-bond acceptors (Lipinski definition) is 5. The summed E-state index contributed by atoms with van der Waals surface area (Å²) in [5.74, 6) is -0.233. The minimum Gasteiger partial charge on any atom is -0.408 e. The molecule has 0 saturated carbocycles. The molecule has 34 heavy (non-hydrogen) atoms. The maximum atomic E-state index is 12.8. The molecule has 0 radical (unpaired) electrons. The van der Waals surface area contributed by atoms with E-state index in [2.05, 4.69) is 17.3 Å². The quantitative estimate of drug-likeness (QED) is 0.467. The van der Waals surface area contributed by atoms with Gasteiger partial charge in [0.15, 0.2) is 0 Å². The largest absolute Gasteiger partial charge is 0.495 e. The van der Waals surface area contributed by atoms with Gasteiger partial charge in [-0.25, -0.2) is 0 Å². The average molecular weight is 502 g/mol. The van der Waals surface area contributed by atoms with Crippen LogP contribution in [0.25, 0.3) is 11.1 Å². The van der Waals surface area contributed by atoms with Crippen LogP contribution in [0, 0.1) is 0 Å². The van der Waals surface area contributed by atoms with E-state index in [9.17, 15) is 4.79 Å². The molecular formula is C25H30BCl2N3O3. The Morgan fingerprint density at radius 2 is 1.82 bits per heavy atom. The Morgan fingerprint density at radius 1 is 1.15 bits per heavy atom. The average Bonchev–Trinajstić information content (AvgIpc) is 2.80. The number of hydrazone groups is 1. The maximum Gasteiger partial charge on any atom is 0.495 e. The number of nitrogens with one attached hydrogen (secondary N) is 1. The summed E-state index contributed by atoms with van der Waals surface area (Å²) in [5, 5.41) is 9.59. The Labute approximate surface area is 212 Å². The highest BCUT2D eigenvalue weighted by molar-refractivity contribution is 6.65. The molecule has 3 rings (SSSR count). The first-order valence-electron chi connectivity index (χ1n) is 11.3. The SMILES string of the molecule is CCOB(OC(C)(C)CC)c1cccc(-c2cccc(NC(=O)C3=CC=NN(C)C3)c2Cl)c1Cl. The third kappa shape index (κ3) is 6.22. The molecule has 0 saturated heterocycles. The van der Waals surface area contributed by atoms with E-state index in [1.54, 1.807) is 30.4 Å². The molecule has 1 amide bonds. The second-order valence-corrected chi connectivity index (χ2v) is 9.38. The molecule has 0 bridgehead atoms. The van der Waals surface area contributed by atoms with Crippen molar-refractivity contribution in [3.63, 3.8) is 0 Å². The molecule has 2 aromatic rings. The number of carbonyl (C=O) groups excluding carboxylic acids is 1. The van der Waals surface area contributed by atoms with Crippen molar-refractivity contribution < 1.29 is 14.1 Å². The van der Waals surface area contributed by atoms with E-state index in [-0.39, 0.29) is 11.5 Å². The zero-order chi connectivity index (χ0) is 24.9. The molecule has 1 N–H and O–H groups in total. The van der Waals surface area contributed by atoms with Crippen LogP contribution in [0.3, 0.4) is 0 Å². The van der Waals surface area contributed by atoms with Crippen molar-refractivity contribution in [3.8, 4) is 11.1 Å². The smallest absolute Gasteiger partial charge is 0.408 e. The van der Waals surface area contributed by atoms with Crippen LogP contribution in [0.1, 0.15) is 34.1 Å². The van der Waals surface area contributed by atoms with Crippen LogP contribution in [0.5, 0.6) is 0 Å². The van der Waals surface area contributed by atoms with Gasteiger partial charge in [-0.1, -0.05) is 60.5 Å². The Balaban J connectivity index is 1.94. The lowest BCUT2D eigenvalue weighted by atomic mass is 9.76. The number of rotatable bonds is 9. The molecule has 0 unspecified atom stereocenters. The van der Waals surface area contributed by atoms with Gasteiger partial charge in [-0.15, -0.1) is 0 Å². The molecule has 1 aliphatic rings.